The summed E-state index contributed by atoms with van der Waals surface area (Å²) in [4.78, 5) is 28.3. The highest BCUT2D eigenvalue weighted by molar-refractivity contribution is 6.30. The molecule has 2 amide bonds. The third-order valence-electron chi connectivity index (χ3n) is 4.00. The Morgan fingerprint density at radius 2 is 1.52 bits per heavy atom. The highest BCUT2D eigenvalue weighted by atomic mass is 35.5. The van der Waals surface area contributed by atoms with E-state index >= 15 is 0 Å². The summed E-state index contributed by atoms with van der Waals surface area (Å²) in [5.41, 5.74) is 1.44. The molecule has 0 bridgehead atoms. The predicted molar refractivity (Wildman–Crippen MR) is 86.7 cm³/mol. The topological polar surface area (TPSA) is 53.8 Å². The Balaban J connectivity index is 1.62. The quantitative estimate of drug-likeness (QED) is 0.849. The molecule has 120 valence electrons. The van der Waals surface area contributed by atoms with E-state index in [1.54, 1.807) is 40.1 Å². The van der Waals surface area contributed by atoms with E-state index < -0.39 is 0 Å². The number of halogens is 1. The van der Waals surface area contributed by atoms with Gasteiger partial charge in [0.15, 0.2) is 5.76 Å². The van der Waals surface area contributed by atoms with Gasteiger partial charge in [-0.2, -0.15) is 0 Å². The highest BCUT2D eigenvalue weighted by Crippen LogP contribution is 2.16. The van der Waals surface area contributed by atoms with Gasteiger partial charge in [0.1, 0.15) is 0 Å². The van der Waals surface area contributed by atoms with Crippen LogP contribution >= 0.6 is 11.6 Å². The molecule has 1 aromatic carbocycles. The molecule has 0 atom stereocenters. The number of rotatable bonds is 2. The zero-order valence-electron chi connectivity index (χ0n) is 12.8. The number of carbonyl (C=O) groups excluding carboxylic acids is 2. The molecular formula is C17H17ClN2O3. The van der Waals surface area contributed by atoms with Crippen LogP contribution in [0, 0.1) is 6.92 Å². The second-order valence-electron chi connectivity index (χ2n) is 5.52. The highest BCUT2D eigenvalue weighted by Gasteiger charge is 2.27. The van der Waals surface area contributed by atoms with Crippen molar-refractivity contribution in [1.29, 1.82) is 0 Å². The number of furan rings is 1. The van der Waals surface area contributed by atoms with E-state index in [0.29, 0.717) is 42.5 Å². The van der Waals surface area contributed by atoms with Crippen LogP contribution in [0.3, 0.4) is 0 Å². The van der Waals surface area contributed by atoms with E-state index in [1.807, 2.05) is 6.92 Å². The molecule has 2 heterocycles. The number of aryl methyl sites for hydroxylation is 1. The summed E-state index contributed by atoms with van der Waals surface area (Å²) in [7, 11) is 0. The van der Waals surface area contributed by atoms with Crippen LogP contribution in [-0.4, -0.2) is 47.8 Å². The molecule has 1 aliphatic heterocycles. The largest absolute Gasteiger partial charge is 0.459 e. The van der Waals surface area contributed by atoms with Crippen molar-refractivity contribution in [3.05, 3.63) is 58.5 Å². The molecule has 0 N–H and O–H groups in total. The Hall–Kier alpha value is -2.27. The summed E-state index contributed by atoms with van der Waals surface area (Å²) in [6, 6.07) is 8.61. The van der Waals surface area contributed by atoms with Gasteiger partial charge in [-0.05, 0) is 37.3 Å². The molecule has 1 aromatic heterocycles. The Bertz CT molecular complexity index is 716. The molecule has 0 radical (unpaired) electrons. The molecule has 3 rings (SSSR count). The van der Waals surface area contributed by atoms with Crippen molar-refractivity contribution in [1.82, 2.24) is 9.80 Å². The Morgan fingerprint density at radius 1 is 0.957 bits per heavy atom. The second kappa shape index (κ2) is 6.46. The molecule has 6 heteroatoms. The van der Waals surface area contributed by atoms with Gasteiger partial charge in [0, 0.05) is 42.3 Å². The SMILES string of the molecule is Cc1ccoc1C(=O)N1CCN(C(=O)c2ccc(Cl)cc2)CC1. The number of piperazine rings is 1. The van der Waals surface area contributed by atoms with E-state index in [1.165, 1.54) is 6.26 Å². The van der Waals surface area contributed by atoms with E-state index in [9.17, 15) is 9.59 Å². The van der Waals surface area contributed by atoms with Crippen molar-refractivity contribution in [2.24, 2.45) is 0 Å². The minimum atomic E-state index is -0.119. The van der Waals surface area contributed by atoms with Gasteiger partial charge in [0.05, 0.1) is 6.26 Å². The number of carbonyl (C=O) groups is 2. The first-order valence-electron chi connectivity index (χ1n) is 7.44. The summed E-state index contributed by atoms with van der Waals surface area (Å²) in [6.07, 6.45) is 1.52. The van der Waals surface area contributed by atoms with Gasteiger partial charge in [0.25, 0.3) is 11.8 Å². The van der Waals surface area contributed by atoms with Crippen LogP contribution in [0.4, 0.5) is 0 Å². The van der Waals surface area contributed by atoms with Crippen LogP contribution in [0.5, 0.6) is 0 Å². The van der Waals surface area contributed by atoms with Crippen LogP contribution in [-0.2, 0) is 0 Å². The van der Waals surface area contributed by atoms with E-state index in [2.05, 4.69) is 0 Å². The monoisotopic (exact) mass is 332 g/mol. The summed E-state index contributed by atoms with van der Waals surface area (Å²) in [5.74, 6) is 0.219. The normalized spacial score (nSPS) is 14.9. The first-order valence-corrected chi connectivity index (χ1v) is 7.82. The number of hydrogen-bond acceptors (Lipinski definition) is 3. The van der Waals surface area contributed by atoms with Gasteiger partial charge in [-0.15, -0.1) is 0 Å². The van der Waals surface area contributed by atoms with Gasteiger partial charge in [-0.1, -0.05) is 11.6 Å². The molecule has 1 fully saturated rings. The molecule has 1 aliphatic rings. The molecule has 2 aromatic rings. The van der Waals surface area contributed by atoms with Gasteiger partial charge in [-0.3, -0.25) is 9.59 Å². The Labute approximate surface area is 139 Å². The first-order chi connectivity index (χ1) is 11.1. The standard InChI is InChI=1S/C17H17ClN2O3/c1-12-6-11-23-15(12)17(22)20-9-7-19(8-10-20)16(21)13-2-4-14(18)5-3-13/h2-6,11H,7-10H2,1H3. The van der Waals surface area contributed by atoms with Gasteiger partial charge in [-0.25, -0.2) is 0 Å². The van der Waals surface area contributed by atoms with Crippen LogP contribution in [0.2, 0.25) is 5.02 Å². The van der Waals surface area contributed by atoms with E-state index in [-0.39, 0.29) is 11.8 Å². The lowest BCUT2D eigenvalue weighted by atomic mass is 10.1. The van der Waals surface area contributed by atoms with Crippen molar-refractivity contribution in [2.45, 2.75) is 6.92 Å². The van der Waals surface area contributed by atoms with Crippen LogP contribution in [0.1, 0.15) is 26.5 Å². The molecule has 5 nitrogen and oxygen atoms in total. The lowest BCUT2D eigenvalue weighted by molar-refractivity contribution is 0.0517. The van der Waals surface area contributed by atoms with Crippen LogP contribution < -0.4 is 0 Å². The Morgan fingerprint density at radius 3 is 2.04 bits per heavy atom. The lowest BCUT2D eigenvalue weighted by Gasteiger charge is -2.34. The van der Waals surface area contributed by atoms with Gasteiger partial charge in [0.2, 0.25) is 0 Å². The number of hydrogen-bond donors (Lipinski definition) is 0. The fourth-order valence-corrected chi connectivity index (χ4v) is 2.75. The second-order valence-corrected chi connectivity index (χ2v) is 5.96. The molecule has 0 unspecified atom stereocenters. The van der Waals surface area contributed by atoms with E-state index in [0.717, 1.165) is 5.56 Å². The summed E-state index contributed by atoms with van der Waals surface area (Å²) in [6.45, 7) is 3.85. The summed E-state index contributed by atoms with van der Waals surface area (Å²) < 4.78 is 5.25. The maximum Gasteiger partial charge on any atom is 0.289 e. The van der Waals surface area contributed by atoms with Crippen molar-refractivity contribution in [3.8, 4) is 0 Å². The fraction of sp³-hybridized carbons (Fsp3) is 0.294. The van der Waals surface area contributed by atoms with Gasteiger partial charge < -0.3 is 14.2 Å². The van der Waals surface area contributed by atoms with Crippen molar-refractivity contribution in [3.63, 3.8) is 0 Å². The average Bonchev–Trinajstić information content (AvgIpc) is 3.00. The minimum Gasteiger partial charge on any atom is -0.459 e. The van der Waals surface area contributed by atoms with Crippen molar-refractivity contribution < 1.29 is 14.0 Å². The summed E-state index contributed by atoms with van der Waals surface area (Å²) >= 11 is 5.84. The third kappa shape index (κ3) is 3.24. The minimum absolute atomic E-state index is 0.0389. The molecule has 0 aliphatic carbocycles. The van der Waals surface area contributed by atoms with E-state index in [4.69, 9.17) is 16.0 Å². The first kappa shape index (κ1) is 15.6. The lowest BCUT2D eigenvalue weighted by Crippen LogP contribution is -2.50. The smallest absolute Gasteiger partial charge is 0.289 e. The number of benzene rings is 1. The van der Waals surface area contributed by atoms with Crippen molar-refractivity contribution in [2.75, 3.05) is 26.2 Å². The maximum atomic E-state index is 12.4. The van der Waals surface area contributed by atoms with Crippen molar-refractivity contribution >= 4 is 23.4 Å². The Kier molecular flexibility index (Phi) is 4.39. The predicted octanol–water partition coefficient (Wildman–Crippen LogP) is 2.84. The van der Waals surface area contributed by atoms with Gasteiger partial charge >= 0.3 is 0 Å². The number of amides is 2. The molecular weight excluding hydrogens is 316 g/mol. The average molecular weight is 333 g/mol. The summed E-state index contributed by atoms with van der Waals surface area (Å²) in [5, 5.41) is 0.603. The maximum absolute atomic E-state index is 12.4. The zero-order chi connectivity index (χ0) is 16.4. The zero-order valence-corrected chi connectivity index (χ0v) is 13.5. The molecule has 1 saturated heterocycles. The molecule has 23 heavy (non-hydrogen) atoms. The molecule has 0 saturated carbocycles. The fourth-order valence-electron chi connectivity index (χ4n) is 2.62. The van der Waals surface area contributed by atoms with Crippen LogP contribution in [0.25, 0.3) is 0 Å². The third-order valence-corrected chi connectivity index (χ3v) is 4.25. The number of nitrogens with zero attached hydrogens (tertiary/aromatic N) is 2. The van der Waals surface area contributed by atoms with Crippen LogP contribution in [0.15, 0.2) is 41.0 Å². The molecule has 0 spiro atoms.